The number of methoxy groups -OCH3 is 1. The van der Waals surface area contributed by atoms with Gasteiger partial charge in [0, 0.05) is 23.9 Å². The van der Waals surface area contributed by atoms with E-state index in [-0.39, 0.29) is 42.1 Å². The van der Waals surface area contributed by atoms with E-state index in [4.69, 9.17) is 9.57 Å². The third-order valence-corrected chi connectivity index (χ3v) is 4.59. The van der Waals surface area contributed by atoms with Gasteiger partial charge < -0.3 is 9.47 Å². The van der Waals surface area contributed by atoms with Gasteiger partial charge in [-0.25, -0.2) is 4.79 Å². The van der Waals surface area contributed by atoms with Crippen molar-refractivity contribution in [2.75, 3.05) is 13.7 Å². The van der Waals surface area contributed by atoms with Crippen LogP contribution in [0.1, 0.15) is 57.3 Å². The molecule has 6 nitrogen and oxygen atoms in total. The lowest BCUT2D eigenvalue weighted by Gasteiger charge is -2.53. The zero-order valence-corrected chi connectivity index (χ0v) is 16.3. The van der Waals surface area contributed by atoms with Crippen LogP contribution >= 0.6 is 0 Å². The van der Waals surface area contributed by atoms with Crippen molar-refractivity contribution in [3.8, 4) is 0 Å². The Labute approximate surface area is 155 Å². The number of hydroxylamine groups is 2. The van der Waals surface area contributed by atoms with Gasteiger partial charge in [0.1, 0.15) is 6.10 Å². The van der Waals surface area contributed by atoms with Crippen molar-refractivity contribution in [3.05, 3.63) is 35.9 Å². The molecular formula is C20H29NO5. The van der Waals surface area contributed by atoms with E-state index in [0.717, 1.165) is 0 Å². The van der Waals surface area contributed by atoms with Crippen LogP contribution in [-0.2, 0) is 19.1 Å². The van der Waals surface area contributed by atoms with Gasteiger partial charge in [-0.1, -0.05) is 18.2 Å². The van der Waals surface area contributed by atoms with Gasteiger partial charge in [-0.05, 0) is 39.8 Å². The highest BCUT2D eigenvalue weighted by Gasteiger charge is 2.47. The van der Waals surface area contributed by atoms with Crippen LogP contribution in [0, 0.1) is 0 Å². The Kier molecular flexibility index (Phi) is 6.42. The maximum absolute atomic E-state index is 12.4. The van der Waals surface area contributed by atoms with Crippen LogP contribution in [-0.4, -0.2) is 47.9 Å². The van der Waals surface area contributed by atoms with E-state index in [0.29, 0.717) is 18.4 Å². The average molecular weight is 363 g/mol. The van der Waals surface area contributed by atoms with Gasteiger partial charge >= 0.3 is 11.9 Å². The molecule has 6 heteroatoms. The molecule has 1 saturated heterocycles. The number of ether oxygens (including phenoxy) is 2. The van der Waals surface area contributed by atoms with Crippen molar-refractivity contribution in [2.24, 2.45) is 0 Å². The molecule has 1 aliphatic heterocycles. The Hall–Kier alpha value is -1.92. The van der Waals surface area contributed by atoms with Crippen molar-refractivity contribution < 1.29 is 23.9 Å². The number of esters is 2. The molecule has 0 amide bonds. The molecule has 0 atom stereocenters. The molecule has 26 heavy (non-hydrogen) atoms. The summed E-state index contributed by atoms with van der Waals surface area (Å²) in [6.45, 7) is 8.46. The van der Waals surface area contributed by atoms with Gasteiger partial charge in [-0.3, -0.25) is 9.63 Å². The fourth-order valence-corrected chi connectivity index (χ4v) is 3.72. The van der Waals surface area contributed by atoms with Crippen molar-refractivity contribution >= 4 is 11.9 Å². The van der Waals surface area contributed by atoms with Crippen LogP contribution in [0.5, 0.6) is 0 Å². The monoisotopic (exact) mass is 363 g/mol. The molecule has 1 aromatic rings. The third-order valence-electron chi connectivity index (χ3n) is 4.59. The minimum atomic E-state index is -0.348. The summed E-state index contributed by atoms with van der Waals surface area (Å²) in [7, 11) is 1.36. The fraction of sp³-hybridized carbons (Fsp3) is 0.600. The number of piperidine rings is 1. The minimum Gasteiger partial charge on any atom is -0.469 e. The SMILES string of the molecule is COC(=O)CCON1C(C)(C)CC(OC(=O)c2ccccc2)CC1(C)C. The van der Waals surface area contributed by atoms with E-state index < -0.39 is 0 Å². The van der Waals surface area contributed by atoms with Crippen LogP contribution in [0.4, 0.5) is 0 Å². The highest BCUT2D eigenvalue weighted by Crippen LogP contribution is 2.40. The van der Waals surface area contributed by atoms with Crippen LogP contribution < -0.4 is 0 Å². The summed E-state index contributed by atoms with van der Waals surface area (Å²) in [5.74, 6) is -0.602. The van der Waals surface area contributed by atoms with E-state index >= 15 is 0 Å². The molecule has 144 valence electrons. The third kappa shape index (κ3) is 5.05. The molecule has 0 N–H and O–H groups in total. The Morgan fingerprint density at radius 3 is 2.19 bits per heavy atom. The predicted octanol–water partition coefficient (Wildman–Crippen LogP) is 3.36. The molecule has 0 saturated carbocycles. The molecule has 1 heterocycles. The maximum Gasteiger partial charge on any atom is 0.338 e. The molecule has 1 aromatic carbocycles. The summed E-state index contributed by atoms with van der Waals surface area (Å²) in [5, 5.41) is 1.93. The van der Waals surface area contributed by atoms with Crippen molar-refractivity contribution in [2.45, 2.75) is 64.1 Å². The number of hydrogen-bond donors (Lipinski definition) is 0. The van der Waals surface area contributed by atoms with Crippen molar-refractivity contribution in [1.29, 1.82) is 0 Å². The second-order valence-electron chi connectivity index (χ2n) is 7.88. The molecule has 1 fully saturated rings. The zero-order valence-electron chi connectivity index (χ0n) is 16.3. The van der Waals surface area contributed by atoms with Gasteiger partial charge in [0.25, 0.3) is 0 Å². The van der Waals surface area contributed by atoms with E-state index in [1.165, 1.54) is 7.11 Å². The number of carbonyl (C=O) groups is 2. The molecule has 0 unspecified atom stereocenters. The quantitative estimate of drug-likeness (QED) is 0.722. The molecule has 1 aliphatic rings. The molecule has 0 radical (unpaired) electrons. The maximum atomic E-state index is 12.4. The molecular weight excluding hydrogens is 334 g/mol. The summed E-state index contributed by atoms with van der Waals surface area (Å²) in [4.78, 5) is 29.6. The summed E-state index contributed by atoms with van der Waals surface area (Å²) in [6.07, 6.45) is 1.29. The average Bonchev–Trinajstić information content (AvgIpc) is 2.56. The largest absolute Gasteiger partial charge is 0.469 e. The van der Waals surface area contributed by atoms with E-state index in [9.17, 15) is 9.59 Å². The number of rotatable bonds is 6. The topological polar surface area (TPSA) is 65.1 Å². The normalized spacial score (nSPS) is 19.7. The number of carbonyl (C=O) groups excluding carboxylic acids is 2. The molecule has 0 aromatic heterocycles. The molecule has 2 rings (SSSR count). The highest BCUT2D eigenvalue weighted by atomic mass is 16.7. The number of nitrogens with zero attached hydrogens (tertiary/aromatic N) is 1. The Bertz CT molecular complexity index is 608. The van der Waals surface area contributed by atoms with Gasteiger partial charge in [0.05, 0.1) is 25.7 Å². The van der Waals surface area contributed by atoms with Crippen molar-refractivity contribution in [3.63, 3.8) is 0 Å². The Morgan fingerprint density at radius 2 is 1.65 bits per heavy atom. The van der Waals surface area contributed by atoms with Crippen molar-refractivity contribution in [1.82, 2.24) is 5.06 Å². The fourth-order valence-electron chi connectivity index (χ4n) is 3.72. The summed E-state index contributed by atoms with van der Waals surface area (Å²) < 4.78 is 10.4. The van der Waals surface area contributed by atoms with Gasteiger partial charge in [-0.15, -0.1) is 0 Å². The number of hydrogen-bond acceptors (Lipinski definition) is 6. The molecule has 0 bridgehead atoms. The first-order valence-electron chi connectivity index (χ1n) is 8.92. The first-order valence-corrected chi connectivity index (χ1v) is 8.92. The Morgan fingerprint density at radius 1 is 1.08 bits per heavy atom. The minimum absolute atomic E-state index is 0.200. The zero-order chi connectivity index (χ0) is 19.4. The summed E-state index contributed by atoms with van der Waals surface area (Å²) in [5.41, 5.74) is -0.140. The lowest BCUT2D eigenvalue weighted by molar-refractivity contribution is -0.291. The lowest BCUT2D eigenvalue weighted by Crippen LogP contribution is -2.62. The van der Waals surface area contributed by atoms with E-state index in [1.54, 1.807) is 12.1 Å². The number of benzene rings is 1. The standard InChI is InChI=1S/C20H29NO5/c1-19(2)13-16(26-18(23)15-9-7-6-8-10-15)14-20(3,4)21(19)25-12-11-17(22)24-5/h6-10,16H,11-14H2,1-5H3. The second kappa shape index (κ2) is 8.18. The van der Waals surface area contributed by atoms with Crippen LogP contribution in [0.2, 0.25) is 0 Å². The lowest BCUT2D eigenvalue weighted by atomic mass is 9.80. The molecule has 0 spiro atoms. The van der Waals surface area contributed by atoms with E-state index in [1.807, 2.05) is 23.3 Å². The van der Waals surface area contributed by atoms with Crippen LogP contribution in [0.15, 0.2) is 30.3 Å². The first kappa shape index (κ1) is 20.4. The Balaban J connectivity index is 2.01. The first-order chi connectivity index (χ1) is 12.2. The highest BCUT2D eigenvalue weighted by molar-refractivity contribution is 5.89. The molecule has 0 aliphatic carbocycles. The van der Waals surface area contributed by atoms with Gasteiger partial charge in [0.2, 0.25) is 0 Å². The van der Waals surface area contributed by atoms with Crippen LogP contribution in [0.3, 0.4) is 0 Å². The second-order valence-corrected chi connectivity index (χ2v) is 7.88. The van der Waals surface area contributed by atoms with Crippen LogP contribution in [0.25, 0.3) is 0 Å². The van der Waals surface area contributed by atoms with Gasteiger partial charge in [-0.2, -0.15) is 5.06 Å². The summed E-state index contributed by atoms with van der Waals surface area (Å²) in [6, 6.07) is 9.02. The summed E-state index contributed by atoms with van der Waals surface area (Å²) >= 11 is 0. The predicted molar refractivity (Wildman–Crippen MR) is 97.5 cm³/mol. The smallest absolute Gasteiger partial charge is 0.338 e. The van der Waals surface area contributed by atoms with E-state index in [2.05, 4.69) is 32.4 Å². The van der Waals surface area contributed by atoms with Gasteiger partial charge in [0.15, 0.2) is 0 Å².